The Hall–Kier alpha value is -1.40. The van der Waals surface area contributed by atoms with Crippen molar-refractivity contribution >= 4 is 12.2 Å². The molecule has 0 unspecified atom stereocenters. The largest absolute Gasteiger partial charge is 0.396 e. The molecule has 0 spiro atoms. The first-order chi connectivity index (χ1) is 8.07. The molecule has 96 valence electrons. The Kier molecular flexibility index (Phi) is 5.11. The number of ether oxygens (including phenoxy) is 1. The van der Waals surface area contributed by atoms with E-state index in [1.165, 1.54) is 0 Å². The van der Waals surface area contributed by atoms with Crippen LogP contribution in [0.1, 0.15) is 20.3 Å². The zero-order chi connectivity index (χ0) is 12.7. The van der Waals surface area contributed by atoms with Gasteiger partial charge in [0.05, 0.1) is 12.1 Å². The summed E-state index contributed by atoms with van der Waals surface area (Å²) >= 11 is 0. The van der Waals surface area contributed by atoms with E-state index in [1.54, 1.807) is 16.9 Å². The molecule has 0 bridgehead atoms. The predicted molar refractivity (Wildman–Crippen MR) is 63.6 cm³/mol. The number of hydrogen-bond donors (Lipinski definition) is 2. The standard InChI is InChI=1S/C11H19N3O3/c1-11(2,17-7-3-6-15)8-14-5-4-10(13-14)12-9-16/h4-5,9,15H,3,6-8H2,1-2H3,(H,12,13,16). The Balaban J connectivity index is 2.47. The molecule has 0 radical (unpaired) electrons. The third-order valence-electron chi connectivity index (χ3n) is 2.19. The predicted octanol–water partition coefficient (Wildman–Crippen LogP) is 0.629. The second-order valence-electron chi connectivity index (χ2n) is 4.35. The van der Waals surface area contributed by atoms with Gasteiger partial charge in [-0.3, -0.25) is 9.48 Å². The summed E-state index contributed by atoms with van der Waals surface area (Å²) in [6, 6.07) is 1.72. The van der Waals surface area contributed by atoms with E-state index >= 15 is 0 Å². The van der Waals surface area contributed by atoms with Crippen LogP contribution in [0.3, 0.4) is 0 Å². The van der Waals surface area contributed by atoms with E-state index < -0.39 is 0 Å². The van der Waals surface area contributed by atoms with Crippen molar-refractivity contribution < 1.29 is 14.6 Å². The minimum Gasteiger partial charge on any atom is -0.396 e. The number of aliphatic hydroxyl groups is 1. The summed E-state index contributed by atoms with van der Waals surface area (Å²) in [6.45, 7) is 5.15. The van der Waals surface area contributed by atoms with Gasteiger partial charge in [0, 0.05) is 25.5 Å². The van der Waals surface area contributed by atoms with Crippen LogP contribution in [-0.2, 0) is 16.1 Å². The molecule has 0 fully saturated rings. The van der Waals surface area contributed by atoms with Crippen LogP contribution >= 0.6 is 0 Å². The van der Waals surface area contributed by atoms with E-state index in [0.29, 0.717) is 31.8 Å². The Labute approximate surface area is 101 Å². The van der Waals surface area contributed by atoms with Crippen molar-refractivity contribution in [2.24, 2.45) is 0 Å². The summed E-state index contributed by atoms with van der Waals surface area (Å²) in [5.41, 5.74) is -0.361. The molecule has 0 aliphatic heterocycles. The highest BCUT2D eigenvalue weighted by molar-refractivity contribution is 5.68. The van der Waals surface area contributed by atoms with Gasteiger partial charge in [-0.2, -0.15) is 5.10 Å². The molecular formula is C11H19N3O3. The summed E-state index contributed by atoms with van der Waals surface area (Å²) in [7, 11) is 0. The first kappa shape index (κ1) is 13.7. The topological polar surface area (TPSA) is 76.4 Å². The van der Waals surface area contributed by atoms with Crippen LogP contribution < -0.4 is 5.32 Å². The lowest BCUT2D eigenvalue weighted by Gasteiger charge is -2.25. The van der Waals surface area contributed by atoms with Gasteiger partial charge < -0.3 is 15.2 Å². The molecular weight excluding hydrogens is 222 g/mol. The van der Waals surface area contributed by atoms with Crippen molar-refractivity contribution in [1.82, 2.24) is 9.78 Å². The normalized spacial score (nSPS) is 11.5. The molecule has 0 saturated heterocycles. The fraction of sp³-hybridized carbons (Fsp3) is 0.636. The van der Waals surface area contributed by atoms with Crippen molar-refractivity contribution in [2.45, 2.75) is 32.4 Å². The third-order valence-corrected chi connectivity index (χ3v) is 2.19. The van der Waals surface area contributed by atoms with E-state index in [0.717, 1.165) is 0 Å². The number of nitrogens with one attached hydrogen (secondary N) is 1. The van der Waals surface area contributed by atoms with E-state index in [-0.39, 0.29) is 12.2 Å². The Morgan fingerprint density at radius 2 is 2.41 bits per heavy atom. The van der Waals surface area contributed by atoms with Crippen LogP contribution in [-0.4, -0.2) is 40.1 Å². The summed E-state index contributed by atoms with van der Waals surface area (Å²) in [6.07, 6.45) is 3.00. The van der Waals surface area contributed by atoms with Crippen molar-refractivity contribution in [3.05, 3.63) is 12.3 Å². The van der Waals surface area contributed by atoms with Crippen LogP contribution in [0.5, 0.6) is 0 Å². The molecule has 0 atom stereocenters. The van der Waals surface area contributed by atoms with E-state index in [2.05, 4.69) is 10.4 Å². The maximum atomic E-state index is 10.2. The lowest BCUT2D eigenvalue weighted by atomic mass is 10.1. The second-order valence-corrected chi connectivity index (χ2v) is 4.35. The van der Waals surface area contributed by atoms with Crippen LogP contribution in [0.2, 0.25) is 0 Å². The molecule has 1 heterocycles. The molecule has 0 aromatic carbocycles. The lowest BCUT2D eigenvalue weighted by molar-refractivity contribution is -0.105. The first-order valence-electron chi connectivity index (χ1n) is 5.56. The number of nitrogens with zero attached hydrogens (tertiary/aromatic N) is 2. The molecule has 1 amide bonds. The van der Waals surface area contributed by atoms with Crippen molar-refractivity contribution in [3.63, 3.8) is 0 Å². The van der Waals surface area contributed by atoms with Crippen molar-refractivity contribution in [3.8, 4) is 0 Å². The highest BCUT2D eigenvalue weighted by Crippen LogP contribution is 2.13. The van der Waals surface area contributed by atoms with E-state index in [9.17, 15) is 4.79 Å². The van der Waals surface area contributed by atoms with Gasteiger partial charge in [-0.25, -0.2) is 0 Å². The van der Waals surface area contributed by atoms with Crippen LogP contribution in [0.25, 0.3) is 0 Å². The number of amides is 1. The average molecular weight is 241 g/mol. The summed E-state index contributed by atoms with van der Waals surface area (Å²) < 4.78 is 7.35. The molecule has 17 heavy (non-hydrogen) atoms. The minimum absolute atomic E-state index is 0.130. The van der Waals surface area contributed by atoms with Gasteiger partial charge in [0.2, 0.25) is 6.41 Å². The highest BCUT2D eigenvalue weighted by Gasteiger charge is 2.19. The smallest absolute Gasteiger partial charge is 0.212 e. The van der Waals surface area contributed by atoms with Crippen LogP contribution in [0, 0.1) is 0 Å². The number of hydrogen-bond acceptors (Lipinski definition) is 4. The maximum Gasteiger partial charge on any atom is 0.212 e. The maximum absolute atomic E-state index is 10.2. The van der Waals surface area contributed by atoms with Crippen molar-refractivity contribution in [2.75, 3.05) is 18.5 Å². The van der Waals surface area contributed by atoms with Gasteiger partial charge in [-0.1, -0.05) is 0 Å². The number of aliphatic hydroxyl groups excluding tert-OH is 1. The third kappa shape index (κ3) is 4.97. The highest BCUT2D eigenvalue weighted by atomic mass is 16.5. The Morgan fingerprint density at radius 1 is 1.65 bits per heavy atom. The molecule has 1 rings (SSSR count). The monoisotopic (exact) mass is 241 g/mol. The van der Waals surface area contributed by atoms with Crippen LogP contribution in [0.15, 0.2) is 12.3 Å². The summed E-state index contributed by atoms with van der Waals surface area (Å²) in [5, 5.41) is 15.3. The molecule has 1 aromatic rings. The summed E-state index contributed by atoms with van der Waals surface area (Å²) in [5.74, 6) is 0.520. The molecule has 0 saturated carbocycles. The molecule has 6 nitrogen and oxygen atoms in total. The van der Waals surface area contributed by atoms with Gasteiger partial charge in [0.1, 0.15) is 0 Å². The van der Waals surface area contributed by atoms with Crippen LogP contribution in [0.4, 0.5) is 5.82 Å². The molecule has 6 heteroatoms. The van der Waals surface area contributed by atoms with Gasteiger partial charge >= 0.3 is 0 Å². The Bertz CT molecular complexity index is 349. The number of aromatic nitrogens is 2. The van der Waals surface area contributed by atoms with E-state index in [1.807, 2.05) is 13.8 Å². The van der Waals surface area contributed by atoms with Gasteiger partial charge in [-0.05, 0) is 20.3 Å². The second kappa shape index (κ2) is 6.36. The van der Waals surface area contributed by atoms with Gasteiger partial charge in [0.25, 0.3) is 0 Å². The number of carbonyl (C=O) groups excluding carboxylic acids is 1. The minimum atomic E-state index is -0.361. The Morgan fingerprint density at radius 3 is 3.06 bits per heavy atom. The van der Waals surface area contributed by atoms with E-state index in [4.69, 9.17) is 9.84 Å². The van der Waals surface area contributed by atoms with Gasteiger partial charge in [-0.15, -0.1) is 0 Å². The zero-order valence-electron chi connectivity index (χ0n) is 10.2. The quantitative estimate of drug-likeness (QED) is 0.517. The van der Waals surface area contributed by atoms with Gasteiger partial charge in [0.15, 0.2) is 5.82 Å². The number of anilines is 1. The number of carbonyl (C=O) groups is 1. The lowest BCUT2D eigenvalue weighted by Crippen LogP contribution is -2.31. The molecule has 2 N–H and O–H groups in total. The zero-order valence-corrected chi connectivity index (χ0v) is 10.2. The molecule has 0 aliphatic rings. The fourth-order valence-electron chi connectivity index (χ4n) is 1.44. The fourth-order valence-corrected chi connectivity index (χ4v) is 1.44. The van der Waals surface area contributed by atoms with Crippen molar-refractivity contribution in [1.29, 1.82) is 0 Å². The average Bonchev–Trinajstić information content (AvgIpc) is 2.65. The first-order valence-corrected chi connectivity index (χ1v) is 5.56. The SMILES string of the molecule is CC(C)(Cn1ccc(NC=O)n1)OCCCO. The summed E-state index contributed by atoms with van der Waals surface area (Å²) in [4.78, 5) is 10.2. The molecule has 0 aliphatic carbocycles. The molecule has 1 aromatic heterocycles. The number of rotatable bonds is 8.